The zero-order valence-electron chi connectivity index (χ0n) is 19.8. The summed E-state index contributed by atoms with van der Waals surface area (Å²) in [6, 6.07) is 13.3. The Balaban J connectivity index is 1.40. The molecule has 3 aliphatic heterocycles. The number of hydrogen-bond acceptors (Lipinski definition) is 8. The van der Waals surface area contributed by atoms with E-state index in [9.17, 15) is 22.8 Å². The Kier molecular flexibility index (Phi) is 6.82. The number of rotatable bonds is 6. The van der Waals surface area contributed by atoms with E-state index in [1.165, 1.54) is 9.80 Å². The third-order valence-electron chi connectivity index (χ3n) is 6.27. The average Bonchev–Trinajstić information content (AvgIpc) is 3.45. The molecule has 1 N–H and O–H groups in total. The van der Waals surface area contributed by atoms with Gasteiger partial charge in [0.1, 0.15) is 16.6 Å². The molecule has 2 aromatic rings. The van der Waals surface area contributed by atoms with Gasteiger partial charge in [0.25, 0.3) is 11.8 Å². The number of nitrogens with one attached hydrogen (secondary N) is 1. The molecule has 1 atom stereocenters. The van der Waals surface area contributed by atoms with Gasteiger partial charge in [0.05, 0.1) is 40.3 Å². The Hall–Kier alpha value is -3.22. The second-order valence-electron chi connectivity index (χ2n) is 8.72. The van der Waals surface area contributed by atoms with Crippen molar-refractivity contribution >= 4 is 72.8 Å². The molecule has 0 bridgehead atoms. The van der Waals surface area contributed by atoms with E-state index >= 15 is 0 Å². The molecule has 2 saturated heterocycles. The first-order chi connectivity index (χ1) is 17.7. The molecule has 0 aromatic heterocycles. The van der Waals surface area contributed by atoms with Crippen LogP contribution in [0.1, 0.15) is 18.9 Å². The minimum atomic E-state index is -3.23. The van der Waals surface area contributed by atoms with E-state index < -0.39 is 33.6 Å². The zero-order valence-corrected chi connectivity index (χ0v) is 22.2. The molecule has 2 aromatic carbocycles. The number of ether oxygens (including phenoxy) is 1. The molecule has 1 unspecified atom stereocenters. The Morgan fingerprint density at radius 1 is 1.14 bits per heavy atom. The van der Waals surface area contributed by atoms with Crippen LogP contribution in [0.15, 0.2) is 53.4 Å². The second-order valence-corrected chi connectivity index (χ2v) is 12.6. The molecule has 12 heteroatoms. The quantitative estimate of drug-likeness (QED) is 0.426. The first-order valence-electron chi connectivity index (χ1n) is 11.6. The third kappa shape index (κ3) is 4.88. The number of carbonyl (C=O) groups is 3. The summed E-state index contributed by atoms with van der Waals surface area (Å²) < 4.78 is 29.6. The number of sulfone groups is 1. The van der Waals surface area contributed by atoms with Gasteiger partial charge in [0.15, 0.2) is 9.84 Å². The van der Waals surface area contributed by atoms with Gasteiger partial charge in [-0.3, -0.25) is 24.2 Å². The number of anilines is 2. The van der Waals surface area contributed by atoms with Crippen LogP contribution in [0.2, 0.25) is 0 Å². The van der Waals surface area contributed by atoms with Gasteiger partial charge in [-0.1, -0.05) is 42.2 Å². The summed E-state index contributed by atoms with van der Waals surface area (Å²) in [5.74, 6) is -0.832. The summed E-state index contributed by atoms with van der Waals surface area (Å²) in [5, 5.41) is 2.78. The first-order valence-corrected chi connectivity index (χ1v) is 14.7. The number of para-hydroxylation sites is 1. The maximum absolute atomic E-state index is 13.6. The van der Waals surface area contributed by atoms with Gasteiger partial charge in [-0.05, 0) is 43.7 Å². The molecule has 3 amide bonds. The summed E-state index contributed by atoms with van der Waals surface area (Å²) in [6.45, 7) is 2.16. The van der Waals surface area contributed by atoms with Crippen molar-refractivity contribution in [1.82, 2.24) is 4.90 Å². The fraction of sp³-hybridized carbons (Fsp3) is 0.280. The van der Waals surface area contributed by atoms with Gasteiger partial charge in [0.2, 0.25) is 5.91 Å². The molecule has 192 valence electrons. The second kappa shape index (κ2) is 9.92. The number of amides is 3. The van der Waals surface area contributed by atoms with Gasteiger partial charge in [-0.2, -0.15) is 0 Å². The van der Waals surface area contributed by atoms with E-state index in [0.717, 1.165) is 11.8 Å². The lowest BCUT2D eigenvalue weighted by Gasteiger charge is -2.21. The number of fused-ring (bicyclic) bond motifs is 1. The molecule has 5 rings (SSSR count). The van der Waals surface area contributed by atoms with Gasteiger partial charge >= 0.3 is 0 Å². The normalized spacial score (nSPS) is 22.5. The summed E-state index contributed by atoms with van der Waals surface area (Å²) in [5.41, 5.74) is 1.77. The highest BCUT2D eigenvalue weighted by Gasteiger charge is 2.46. The first kappa shape index (κ1) is 25.4. The van der Waals surface area contributed by atoms with Crippen molar-refractivity contribution in [2.45, 2.75) is 19.4 Å². The predicted octanol–water partition coefficient (Wildman–Crippen LogP) is 2.83. The van der Waals surface area contributed by atoms with Gasteiger partial charge in [0, 0.05) is 11.3 Å². The molecule has 3 heterocycles. The van der Waals surface area contributed by atoms with Crippen molar-refractivity contribution in [3.05, 3.63) is 59.0 Å². The molecule has 0 saturated carbocycles. The highest BCUT2D eigenvalue weighted by atomic mass is 32.2. The minimum Gasteiger partial charge on any atom is -0.494 e. The lowest BCUT2D eigenvalue weighted by atomic mass is 10.1. The number of thioether (sulfide) groups is 1. The molecular weight excluding hydrogens is 534 g/mol. The van der Waals surface area contributed by atoms with Crippen LogP contribution in [0.25, 0.3) is 5.57 Å². The minimum absolute atomic E-state index is 0.000357. The molecule has 0 radical (unpaired) electrons. The van der Waals surface area contributed by atoms with Crippen molar-refractivity contribution < 1.29 is 27.5 Å². The van der Waals surface area contributed by atoms with Crippen LogP contribution in [0.3, 0.4) is 0 Å². The van der Waals surface area contributed by atoms with Crippen LogP contribution < -0.4 is 15.0 Å². The maximum atomic E-state index is 13.6. The smallest absolute Gasteiger partial charge is 0.267 e. The summed E-state index contributed by atoms with van der Waals surface area (Å²) in [6.07, 6.45) is 0.305. The molecule has 2 fully saturated rings. The average molecular weight is 558 g/mol. The van der Waals surface area contributed by atoms with E-state index in [4.69, 9.17) is 17.0 Å². The Bertz CT molecular complexity index is 1450. The van der Waals surface area contributed by atoms with Crippen molar-refractivity contribution in [3.8, 4) is 5.75 Å². The summed E-state index contributed by atoms with van der Waals surface area (Å²) in [4.78, 5) is 42.7. The van der Waals surface area contributed by atoms with E-state index in [2.05, 4.69) is 5.32 Å². The van der Waals surface area contributed by atoms with E-state index in [-0.39, 0.29) is 32.8 Å². The summed E-state index contributed by atoms with van der Waals surface area (Å²) >= 11 is 6.41. The number of hydrogen-bond donors (Lipinski definition) is 1. The molecule has 0 aliphatic carbocycles. The highest BCUT2D eigenvalue weighted by molar-refractivity contribution is 8.26. The molecule has 37 heavy (non-hydrogen) atoms. The predicted molar refractivity (Wildman–Crippen MR) is 146 cm³/mol. The van der Waals surface area contributed by atoms with E-state index in [1.54, 1.807) is 48.5 Å². The Labute approximate surface area is 223 Å². The van der Waals surface area contributed by atoms with Gasteiger partial charge in [-0.25, -0.2) is 8.42 Å². The molecule has 3 aliphatic rings. The zero-order chi connectivity index (χ0) is 26.3. The number of benzene rings is 2. The van der Waals surface area contributed by atoms with Crippen LogP contribution in [0.5, 0.6) is 5.75 Å². The molecule has 9 nitrogen and oxygen atoms in total. The fourth-order valence-electron chi connectivity index (χ4n) is 4.63. The maximum Gasteiger partial charge on any atom is 0.267 e. The Morgan fingerprint density at radius 3 is 2.54 bits per heavy atom. The Morgan fingerprint density at radius 2 is 1.86 bits per heavy atom. The van der Waals surface area contributed by atoms with Gasteiger partial charge < -0.3 is 10.1 Å². The fourth-order valence-corrected chi connectivity index (χ4v) is 7.80. The highest BCUT2D eigenvalue weighted by Crippen LogP contribution is 2.45. The van der Waals surface area contributed by atoms with Crippen molar-refractivity contribution in [3.63, 3.8) is 0 Å². The van der Waals surface area contributed by atoms with E-state index in [1.807, 2.05) is 6.92 Å². The lowest BCUT2D eigenvalue weighted by Crippen LogP contribution is -2.39. The van der Waals surface area contributed by atoms with Crippen LogP contribution in [0, 0.1) is 0 Å². The standard InChI is InChI=1S/C25H23N3O6S3/c1-2-34-17-9-7-15(8-10-17)26-20(29)13-27-19-6-4-3-5-18(19)21(23(27)30)22-24(31)28(25(35)36-22)16-11-12-37(32,33)14-16/h3-10,16H,2,11-14H2,1H3,(H,26,29)/b22-21+. The lowest BCUT2D eigenvalue weighted by molar-refractivity contribution is -0.123. The van der Waals surface area contributed by atoms with Crippen LogP contribution in [0.4, 0.5) is 11.4 Å². The van der Waals surface area contributed by atoms with Crippen molar-refractivity contribution in [2.75, 3.05) is 34.9 Å². The number of nitrogens with zero attached hydrogens (tertiary/aromatic N) is 2. The van der Waals surface area contributed by atoms with Crippen molar-refractivity contribution in [2.24, 2.45) is 0 Å². The monoisotopic (exact) mass is 557 g/mol. The molecular formula is C25H23N3O6S3. The van der Waals surface area contributed by atoms with Crippen LogP contribution in [-0.4, -0.2) is 66.1 Å². The van der Waals surface area contributed by atoms with Crippen LogP contribution in [-0.2, 0) is 24.2 Å². The molecule has 0 spiro atoms. The van der Waals surface area contributed by atoms with E-state index in [0.29, 0.717) is 35.7 Å². The van der Waals surface area contributed by atoms with Gasteiger partial charge in [-0.15, -0.1) is 0 Å². The topological polar surface area (TPSA) is 113 Å². The van der Waals surface area contributed by atoms with Crippen LogP contribution >= 0.6 is 24.0 Å². The number of thiocarbonyl (C=S) groups is 1. The third-order valence-corrected chi connectivity index (χ3v) is 9.42. The van der Waals surface area contributed by atoms with Crippen molar-refractivity contribution in [1.29, 1.82) is 0 Å². The largest absolute Gasteiger partial charge is 0.494 e. The SMILES string of the molecule is CCOc1ccc(NC(=O)CN2C(=O)/C(=C3/SC(=S)N(C4CCS(=O)(=O)C4)C3=O)c3ccccc32)cc1. The summed E-state index contributed by atoms with van der Waals surface area (Å²) in [7, 11) is -3.23. The number of carbonyl (C=O) groups excluding carboxylic acids is 3.